The van der Waals surface area contributed by atoms with Crippen molar-refractivity contribution in [3.63, 3.8) is 0 Å². The van der Waals surface area contributed by atoms with Gasteiger partial charge in [0, 0.05) is 10.2 Å². The first kappa shape index (κ1) is 14.7. The van der Waals surface area contributed by atoms with Crippen molar-refractivity contribution in [2.45, 2.75) is 6.10 Å². The second-order valence-corrected chi connectivity index (χ2v) is 5.73. The lowest BCUT2D eigenvalue weighted by atomic mass is 10.1. The average molecular weight is 360 g/mol. The zero-order chi connectivity index (χ0) is 15.5. The second kappa shape index (κ2) is 6.23. The van der Waals surface area contributed by atoms with Gasteiger partial charge in [-0.05, 0) is 48.0 Å². The Morgan fingerprint density at radius 2 is 1.77 bits per heavy atom. The molecule has 0 saturated heterocycles. The molecule has 1 unspecified atom stereocenters. The minimum atomic E-state index is -0.378. The van der Waals surface area contributed by atoms with Crippen LogP contribution in [0.25, 0.3) is 0 Å². The molecule has 22 heavy (non-hydrogen) atoms. The smallest absolute Gasteiger partial charge is 0.355 e. The molecular formula is C17H14BrNO3. The molecule has 4 nitrogen and oxygen atoms in total. The van der Waals surface area contributed by atoms with Crippen molar-refractivity contribution in [3.8, 4) is 5.75 Å². The summed E-state index contributed by atoms with van der Waals surface area (Å²) in [5.74, 6) is 0.411. The summed E-state index contributed by atoms with van der Waals surface area (Å²) in [6.45, 7) is 0. The van der Waals surface area contributed by atoms with Crippen LogP contribution in [0.15, 0.2) is 64.8 Å². The number of halogens is 1. The molecule has 0 saturated carbocycles. The fourth-order valence-corrected chi connectivity index (χ4v) is 2.44. The van der Waals surface area contributed by atoms with E-state index in [2.05, 4.69) is 21.2 Å². The number of hydrogen-bond donors (Lipinski definition) is 1. The Balaban J connectivity index is 1.77. The molecule has 1 aliphatic heterocycles. The van der Waals surface area contributed by atoms with Crippen LogP contribution in [0.4, 0.5) is 5.69 Å². The van der Waals surface area contributed by atoms with Gasteiger partial charge in [-0.3, -0.25) is 0 Å². The maximum absolute atomic E-state index is 12.0. The SMILES string of the molecule is COc1ccc(C2C=C(Nc3ccc(Br)cc3)C(=O)O2)cc1. The maximum Gasteiger partial charge on any atom is 0.355 e. The molecule has 0 spiro atoms. The van der Waals surface area contributed by atoms with Crippen molar-refractivity contribution in [3.05, 3.63) is 70.3 Å². The first-order valence-electron chi connectivity index (χ1n) is 6.75. The van der Waals surface area contributed by atoms with Crippen molar-refractivity contribution in [1.29, 1.82) is 0 Å². The topological polar surface area (TPSA) is 47.6 Å². The lowest BCUT2D eigenvalue weighted by Gasteiger charge is -2.08. The minimum absolute atomic E-state index is 0.358. The van der Waals surface area contributed by atoms with Crippen LogP contribution in [0.1, 0.15) is 11.7 Å². The van der Waals surface area contributed by atoms with E-state index in [-0.39, 0.29) is 12.1 Å². The van der Waals surface area contributed by atoms with Gasteiger partial charge in [0.25, 0.3) is 0 Å². The summed E-state index contributed by atoms with van der Waals surface area (Å²) in [6, 6.07) is 15.0. The molecule has 0 fully saturated rings. The Kier molecular flexibility index (Phi) is 4.15. The summed E-state index contributed by atoms with van der Waals surface area (Å²) in [5.41, 5.74) is 2.19. The molecule has 2 aromatic rings. The lowest BCUT2D eigenvalue weighted by Crippen LogP contribution is -2.08. The number of esters is 1. The van der Waals surface area contributed by atoms with Gasteiger partial charge in [0.15, 0.2) is 0 Å². The highest BCUT2D eigenvalue weighted by atomic mass is 79.9. The molecule has 0 aliphatic carbocycles. The quantitative estimate of drug-likeness (QED) is 0.836. The summed E-state index contributed by atoms with van der Waals surface area (Å²) >= 11 is 3.38. The molecule has 3 rings (SSSR count). The van der Waals surface area contributed by atoms with Gasteiger partial charge in [-0.2, -0.15) is 0 Å². The summed E-state index contributed by atoms with van der Waals surface area (Å²) in [7, 11) is 1.62. The van der Waals surface area contributed by atoms with E-state index >= 15 is 0 Å². The maximum atomic E-state index is 12.0. The van der Waals surface area contributed by atoms with Gasteiger partial charge in [-0.15, -0.1) is 0 Å². The molecule has 1 aliphatic rings. The highest BCUT2D eigenvalue weighted by molar-refractivity contribution is 9.10. The van der Waals surface area contributed by atoms with E-state index in [1.165, 1.54) is 0 Å². The highest BCUT2D eigenvalue weighted by Crippen LogP contribution is 2.29. The highest BCUT2D eigenvalue weighted by Gasteiger charge is 2.26. The number of rotatable bonds is 4. The molecule has 0 bridgehead atoms. The Morgan fingerprint density at radius 1 is 1.09 bits per heavy atom. The third-order valence-corrected chi connectivity index (χ3v) is 3.87. The number of methoxy groups -OCH3 is 1. The fourth-order valence-electron chi connectivity index (χ4n) is 2.17. The number of nitrogens with one attached hydrogen (secondary N) is 1. The van der Waals surface area contributed by atoms with Crippen LogP contribution in [0.2, 0.25) is 0 Å². The molecule has 5 heteroatoms. The first-order valence-corrected chi connectivity index (χ1v) is 7.54. The van der Waals surface area contributed by atoms with Gasteiger partial charge < -0.3 is 14.8 Å². The van der Waals surface area contributed by atoms with E-state index in [4.69, 9.17) is 9.47 Å². The summed E-state index contributed by atoms with van der Waals surface area (Å²) < 4.78 is 11.5. The van der Waals surface area contributed by atoms with Crippen LogP contribution in [0.3, 0.4) is 0 Å². The summed E-state index contributed by atoms with van der Waals surface area (Å²) in [5, 5.41) is 3.08. The zero-order valence-electron chi connectivity index (χ0n) is 11.9. The van der Waals surface area contributed by atoms with E-state index < -0.39 is 0 Å². The van der Waals surface area contributed by atoms with E-state index in [0.29, 0.717) is 5.70 Å². The molecule has 112 valence electrons. The van der Waals surface area contributed by atoms with E-state index in [0.717, 1.165) is 21.5 Å². The van der Waals surface area contributed by atoms with Crippen LogP contribution >= 0.6 is 15.9 Å². The van der Waals surface area contributed by atoms with E-state index in [1.54, 1.807) is 13.2 Å². The molecular weight excluding hydrogens is 346 g/mol. The summed E-state index contributed by atoms with van der Waals surface area (Å²) in [6.07, 6.45) is 1.41. The monoisotopic (exact) mass is 359 g/mol. The molecule has 1 atom stereocenters. The predicted molar refractivity (Wildman–Crippen MR) is 87.7 cm³/mol. The van der Waals surface area contributed by atoms with Crippen LogP contribution in [-0.2, 0) is 9.53 Å². The third kappa shape index (κ3) is 3.14. The van der Waals surface area contributed by atoms with E-state index in [9.17, 15) is 4.79 Å². The lowest BCUT2D eigenvalue weighted by molar-refractivity contribution is -0.139. The number of hydrogen-bond acceptors (Lipinski definition) is 4. The van der Waals surface area contributed by atoms with Crippen molar-refractivity contribution >= 4 is 27.6 Å². The van der Waals surface area contributed by atoms with Gasteiger partial charge in [0.1, 0.15) is 17.6 Å². The largest absolute Gasteiger partial charge is 0.497 e. The van der Waals surface area contributed by atoms with Crippen molar-refractivity contribution in [2.24, 2.45) is 0 Å². The fraction of sp³-hybridized carbons (Fsp3) is 0.118. The van der Waals surface area contributed by atoms with E-state index in [1.807, 2.05) is 48.5 Å². The predicted octanol–water partition coefficient (Wildman–Crippen LogP) is 4.05. The molecule has 1 heterocycles. The molecule has 2 aromatic carbocycles. The van der Waals surface area contributed by atoms with Crippen LogP contribution in [0.5, 0.6) is 5.75 Å². The number of anilines is 1. The Labute approximate surface area is 136 Å². The first-order chi connectivity index (χ1) is 10.7. The number of carbonyl (C=O) groups excluding carboxylic acids is 1. The Bertz CT molecular complexity index is 708. The zero-order valence-corrected chi connectivity index (χ0v) is 13.5. The standard InChI is InChI=1S/C17H14BrNO3/c1-21-14-8-2-11(3-9-14)16-10-15(17(20)22-16)19-13-6-4-12(18)5-7-13/h2-10,16,19H,1H3. The van der Waals surface area contributed by atoms with Gasteiger partial charge in [0.05, 0.1) is 7.11 Å². The number of benzene rings is 2. The third-order valence-electron chi connectivity index (χ3n) is 3.34. The molecule has 0 aromatic heterocycles. The van der Waals surface area contributed by atoms with Crippen molar-refractivity contribution in [1.82, 2.24) is 0 Å². The van der Waals surface area contributed by atoms with Crippen molar-refractivity contribution < 1.29 is 14.3 Å². The van der Waals surface area contributed by atoms with Crippen LogP contribution in [0, 0.1) is 0 Å². The van der Waals surface area contributed by atoms with Crippen LogP contribution in [-0.4, -0.2) is 13.1 Å². The van der Waals surface area contributed by atoms with Gasteiger partial charge in [-0.1, -0.05) is 28.1 Å². The molecule has 0 amide bonds. The molecule has 1 N–H and O–H groups in total. The summed E-state index contributed by atoms with van der Waals surface area (Å²) in [4.78, 5) is 12.0. The minimum Gasteiger partial charge on any atom is -0.497 e. The Hall–Kier alpha value is -2.27. The van der Waals surface area contributed by atoms with Gasteiger partial charge >= 0.3 is 5.97 Å². The average Bonchev–Trinajstić information content (AvgIpc) is 2.91. The van der Waals surface area contributed by atoms with Crippen molar-refractivity contribution in [2.75, 3.05) is 12.4 Å². The molecule has 0 radical (unpaired) electrons. The number of carbonyl (C=O) groups is 1. The van der Waals surface area contributed by atoms with Crippen LogP contribution < -0.4 is 10.1 Å². The number of ether oxygens (including phenoxy) is 2. The second-order valence-electron chi connectivity index (χ2n) is 4.81. The number of cyclic esters (lactones) is 1. The Morgan fingerprint density at radius 3 is 2.41 bits per heavy atom. The van der Waals surface area contributed by atoms with Gasteiger partial charge in [0.2, 0.25) is 0 Å². The normalized spacial score (nSPS) is 16.9. The van der Waals surface area contributed by atoms with Gasteiger partial charge in [-0.25, -0.2) is 4.79 Å².